The van der Waals surface area contributed by atoms with E-state index in [1.807, 2.05) is 30.5 Å². The Morgan fingerprint density at radius 3 is 2.80 bits per heavy atom. The minimum atomic E-state index is 0.273. The Bertz CT molecular complexity index is 551. The molecule has 0 aliphatic heterocycles. The van der Waals surface area contributed by atoms with Gasteiger partial charge in [-0.25, -0.2) is 4.98 Å². The highest BCUT2D eigenvalue weighted by atomic mass is 16.5. The molecular formula is C16H22N2O2. The number of rotatable bonds is 7. The van der Waals surface area contributed by atoms with Gasteiger partial charge in [-0.3, -0.25) is 0 Å². The molecule has 1 aromatic heterocycles. The third kappa shape index (κ3) is 3.39. The fourth-order valence-electron chi connectivity index (χ4n) is 2.33. The highest BCUT2D eigenvalue weighted by molar-refractivity contribution is 5.92. The molecule has 4 heteroatoms. The summed E-state index contributed by atoms with van der Waals surface area (Å²) in [4.78, 5) is 4.46. The van der Waals surface area contributed by atoms with Crippen molar-refractivity contribution in [1.29, 1.82) is 0 Å². The Morgan fingerprint density at radius 1 is 1.25 bits per heavy atom. The number of nitrogens with zero attached hydrogens (tertiary/aromatic N) is 1. The molecular weight excluding hydrogens is 252 g/mol. The number of ether oxygens (including phenoxy) is 2. The van der Waals surface area contributed by atoms with Gasteiger partial charge in [0.25, 0.3) is 0 Å². The van der Waals surface area contributed by atoms with Gasteiger partial charge in [-0.05, 0) is 30.0 Å². The molecule has 1 aromatic carbocycles. The van der Waals surface area contributed by atoms with Crippen LogP contribution < -0.4 is 10.1 Å². The molecule has 0 fully saturated rings. The molecule has 0 spiro atoms. The zero-order valence-electron chi connectivity index (χ0n) is 12.3. The molecule has 20 heavy (non-hydrogen) atoms. The average Bonchev–Trinajstić information content (AvgIpc) is 2.47. The van der Waals surface area contributed by atoms with Crippen LogP contribution >= 0.6 is 0 Å². The number of anilines is 1. The normalized spacial score (nSPS) is 12.3. The number of methoxy groups -OCH3 is 2. The quantitative estimate of drug-likeness (QED) is 0.839. The minimum absolute atomic E-state index is 0.273. The lowest BCUT2D eigenvalue weighted by Crippen LogP contribution is -2.25. The van der Waals surface area contributed by atoms with E-state index in [9.17, 15) is 0 Å². The maximum atomic E-state index is 5.30. The SMILES string of the molecule is CCCC(COC)Nc1nccc2ccc(OC)cc12. The van der Waals surface area contributed by atoms with Crippen molar-refractivity contribution in [2.75, 3.05) is 26.1 Å². The molecule has 4 nitrogen and oxygen atoms in total. The van der Waals surface area contributed by atoms with Gasteiger partial charge in [0.2, 0.25) is 0 Å². The molecule has 0 amide bonds. The number of pyridine rings is 1. The summed E-state index contributed by atoms with van der Waals surface area (Å²) in [6.07, 6.45) is 3.98. The smallest absolute Gasteiger partial charge is 0.134 e. The van der Waals surface area contributed by atoms with Gasteiger partial charge in [0.15, 0.2) is 0 Å². The Balaban J connectivity index is 2.32. The molecule has 0 aliphatic carbocycles. The van der Waals surface area contributed by atoms with Crippen molar-refractivity contribution >= 4 is 16.6 Å². The average molecular weight is 274 g/mol. The first-order valence-corrected chi connectivity index (χ1v) is 6.96. The zero-order chi connectivity index (χ0) is 14.4. The van der Waals surface area contributed by atoms with Crippen molar-refractivity contribution in [3.63, 3.8) is 0 Å². The molecule has 1 N–H and O–H groups in total. The highest BCUT2D eigenvalue weighted by Gasteiger charge is 2.10. The van der Waals surface area contributed by atoms with Gasteiger partial charge in [-0.15, -0.1) is 0 Å². The number of nitrogens with one attached hydrogen (secondary N) is 1. The summed E-state index contributed by atoms with van der Waals surface area (Å²) in [6, 6.07) is 8.30. The van der Waals surface area contributed by atoms with Gasteiger partial charge < -0.3 is 14.8 Å². The molecule has 2 rings (SSSR count). The summed E-state index contributed by atoms with van der Waals surface area (Å²) < 4.78 is 10.6. The first-order valence-electron chi connectivity index (χ1n) is 6.96. The lowest BCUT2D eigenvalue weighted by molar-refractivity contribution is 0.182. The molecule has 1 heterocycles. The Hall–Kier alpha value is -1.81. The Morgan fingerprint density at radius 2 is 2.10 bits per heavy atom. The molecule has 0 saturated heterocycles. The van der Waals surface area contributed by atoms with Crippen molar-refractivity contribution in [3.05, 3.63) is 30.5 Å². The van der Waals surface area contributed by atoms with E-state index in [0.717, 1.165) is 35.2 Å². The predicted octanol–water partition coefficient (Wildman–Crippen LogP) is 3.47. The van der Waals surface area contributed by atoms with E-state index < -0.39 is 0 Å². The van der Waals surface area contributed by atoms with Crippen LogP contribution in [0.1, 0.15) is 19.8 Å². The fourth-order valence-corrected chi connectivity index (χ4v) is 2.33. The van der Waals surface area contributed by atoms with Gasteiger partial charge in [-0.2, -0.15) is 0 Å². The van der Waals surface area contributed by atoms with Gasteiger partial charge in [0.05, 0.1) is 19.8 Å². The van der Waals surface area contributed by atoms with E-state index in [1.54, 1.807) is 14.2 Å². The van der Waals surface area contributed by atoms with Gasteiger partial charge in [0.1, 0.15) is 11.6 Å². The van der Waals surface area contributed by atoms with Crippen LogP contribution in [0.5, 0.6) is 5.75 Å². The number of hydrogen-bond acceptors (Lipinski definition) is 4. The summed E-state index contributed by atoms with van der Waals surface area (Å²) in [6.45, 7) is 2.85. The zero-order valence-corrected chi connectivity index (χ0v) is 12.3. The summed E-state index contributed by atoms with van der Waals surface area (Å²) >= 11 is 0. The molecule has 2 aromatic rings. The summed E-state index contributed by atoms with van der Waals surface area (Å²) in [7, 11) is 3.40. The van der Waals surface area contributed by atoms with Crippen molar-refractivity contribution in [2.24, 2.45) is 0 Å². The summed E-state index contributed by atoms with van der Waals surface area (Å²) in [5, 5.41) is 5.71. The van der Waals surface area contributed by atoms with E-state index in [0.29, 0.717) is 6.61 Å². The summed E-state index contributed by atoms with van der Waals surface area (Å²) in [5.74, 6) is 1.73. The van der Waals surface area contributed by atoms with Crippen molar-refractivity contribution in [2.45, 2.75) is 25.8 Å². The topological polar surface area (TPSA) is 43.4 Å². The van der Waals surface area contributed by atoms with E-state index >= 15 is 0 Å². The van der Waals surface area contributed by atoms with E-state index in [-0.39, 0.29) is 6.04 Å². The van der Waals surface area contributed by atoms with Gasteiger partial charge in [-0.1, -0.05) is 19.4 Å². The monoisotopic (exact) mass is 274 g/mol. The second kappa shape index (κ2) is 7.10. The first kappa shape index (κ1) is 14.6. The van der Waals surface area contributed by atoms with Crippen molar-refractivity contribution in [3.8, 4) is 5.75 Å². The standard InChI is InChI=1S/C16H22N2O2/c1-4-5-13(11-19-2)18-16-15-10-14(20-3)7-6-12(15)8-9-17-16/h6-10,13H,4-5,11H2,1-3H3,(H,17,18). The van der Waals surface area contributed by atoms with Crippen molar-refractivity contribution < 1.29 is 9.47 Å². The maximum Gasteiger partial charge on any atom is 0.134 e. The van der Waals surface area contributed by atoms with E-state index in [4.69, 9.17) is 9.47 Å². The van der Waals surface area contributed by atoms with Crippen LogP contribution in [-0.2, 0) is 4.74 Å². The summed E-state index contributed by atoms with van der Waals surface area (Å²) in [5.41, 5.74) is 0. The predicted molar refractivity (Wildman–Crippen MR) is 82.5 cm³/mol. The van der Waals surface area contributed by atoms with E-state index in [2.05, 4.69) is 17.2 Å². The van der Waals surface area contributed by atoms with Crippen molar-refractivity contribution in [1.82, 2.24) is 4.98 Å². The van der Waals surface area contributed by atoms with Crippen LogP contribution in [0.15, 0.2) is 30.5 Å². The number of hydrogen-bond donors (Lipinski definition) is 1. The van der Waals surface area contributed by atoms with Crippen LogP contribution in [0, 0.1) is 0 Å². The third-order valence-corrected chi connectivity index (χ3v) is 3.32. The lowest BCUT2D eigenvalue weighted by Gasteiger charge is -2.19. The second-order valence-electron chi connectivity index (χ2n) is 4.83. The molecule has 108 valence electrons. The molecule has 0 saturated carbocycles. The molecule has 0 radical (unpaired) electrons. The maximum absolute atomic E-state index is 5.30. The van der Waals surface area contributed by atoms with Gasteiger partial charge >= 0.3 is 0 Å². The van der Waals surface area contributed by atoms with Crippen LogP contribution in [0.2, 0.25) is 0 Å². The highest BCUT2D eigenvalue weighted by Crippen LogP contribution is 2.26. The second-order valence-corrected chi connectivity index (χ2v) is 4.83. The molecule has 0 aliphatic rings. The lowest BCUT2D eigenvalue weighted by atomic mass is 10.1. The van der Waals surface area contributed by atoms with Crippen LogP contribution in [-0.4, -0.2) is 31.9 Å². The minimum Gasteiger partial charge on any atom is -0.497 e. The van der Waals surface area contributed by atoms with E-state index in [1.165, 1.54) is 0 Å². The first-order chi connectivity index (χ1) is 9.78. The molecule has 1 unspecified atom stereocenters. The number of aromatic nitrogens is 1. The Labute approximate surface area is 120 Å². The number of fused-ring (bicyclic) bond motifs is 1. The largest absolute Gasteiger partial charge is 0.497 e. The molecule has 1 atom stereocenters. The third-order valence-electron chi connectivity index (χ3n) is 3.32. The fraction of sp³-hybridized carbons (Fsp3) is 0.438. The Kier molecular flexibility index (Phi) is 5.18. The van der Waals surface area contributed by atoms with Crippen LogP contribution in [0.25, 0.3) is 10.8 Å². The number of benzene rings is 1. The molecule has 0 bridgehead atoms. The van der Waals surface area contributed by atoms with Gasteiger partial charge in [0, 0.05) is 18.7 Å². The van der Waals surface area contributed by atoms with Crippen LogP contribution in [0.3, 0.4) is 0 Å². The van der Waals surface area contributed by atoms with Crippen LogP contribution in [0.4, 0.5) is 5.82 Å².